The predicted octanol–water partition coefficient (Wildman–Crippen LogP) is 7.12. The van der Waals surface area contributed by atoms with Crippen LogP contribution in [0.5, 0.6) is 0 Å². The number of thiophene rings is 1. The molecule has 202 valence electrons. The number of amides is 1. The van der Waals surface area contributed by atoms with Crippen LogP contribution in [0.1, 0.15) is 48.2 Å². The number of carbonyl (C=O) groups is 2. The molecule has 11 heteroatoms. The second-order valence-electron chi connectivity index (χ2n) is 9.72. The Kier molecular flexibility index (Phi) is 7.88. The van der Waals surface area contributed by atoms with Crippen molar-refractivity contribution in [3.63, 3.8) is 0 Å². The third kappa shape index (κ3) is 5.64. The first-order chi connectivity index (χ1) is 18.2. The minimum absolute atomic E-state index is 0.0485. The van der Waals surface area contributed by atoms with Crippen LogP contribution in [0.25, 0.3) is 21.7 Å². The number of rotatable bonds is 6. The lowest BCUT2D eigenvalue weighted by molar-refractivity contribution is -0.184. The largest absolute Gasteiger partial charge is 0.477 e. The number of anilines is 1. The van der Waals surface area contributed by atoms with Gasteiger partial charge in [0.25, 0.3) is 0 Å². The molecule has 1 aromatic carbocycles. The lowest BCUT2D eigenvalue weighted by atomic mass is 9.80. The van der Waals surface area contributed by atoms with Gasteiger partial charge in [0.15, 0.2) is 0 Å². The van der Waals surface area contributed by atoms with Crippen LogP contribution >= 0.6 is 22.7 Å². The second kappa shape index (κ2) is 11.2. The van der Waals surface area contributed by atoms with E-state index in [2.05, 4.69) is 4.98 Å². The predicted molar refractivity (Wildman–Crippen MR) is 141 cm³/mol. The summed E-state index contributed by atoms with van der Waals surface area (Å²) in [5.74, 6) is -3.39. The summed E-state index contributed by atoms with van der Waals surface area (Å²) >= 11 is 2.60. The highest BCUT2D eigenvalue weighted by Gasteiger charge is 2.44. The van der Waals surface area contributed by atoms with Crippen LogP contribution in [0.3, 0.4) is 0 Å². The molecule has 0 unspecified atom stereocenters. The Morgan fingerprint density at radius 1 is 1.00 bits per heavy atom. The minimum Gasteiger partial charge on any atom is -0.477 e. The molecule has 2 fully saturated rings. The number of hydrogen-bond donors (Lipinski definition) is 1. The van der Waals surface area contributed by atoms with E-state index in [1.807, 2.05) is 29.6 Å². The first-order valence-corrected chi connectivity index (χ1v) is 14.3. The van der Waals surface area contributed by atoms with Gasteiger partial charge in [-0.1, -0.05) is 24.3 Å². The fourth-order valence-electron chi connectivity index (χ4n) is 5.32. The lowest BCUT2D eigenvalue weighted by Gasteiger charge is -2.38. The van der Waals surface area contributed by atoms with Crippen molar-refractivity contribution < 1.29 is 32.6 Å². The summed E-state index contributed by atoms with van der Waals surface area (Å²) in [5.41, 5.74) is 4.68. The normalized spacial score (nSPS) is 20.8. The zero-order chi connectivity index (χ0) is 26.9. The molecule has 3 heterocycles. The van der Waals surface area contributed by atoms with Crippen LogP contribution in [-0.2, 0) is 9.53 Å². The van der Waals surface area contributed by atoms with Crippen LogP contribution < -0.4 is 4.90 Å². The monoisotopic (exact) mass is 564 g/mol. The van der Waals surface area contributed by atoms with Crippen molar-refractivity contribution in [1.82, 2.24) is 4.98 Å². The molecule has 1 aliphatic heterocycles. The SMILES string of the molecule is O=C(O)c1sc(-c2ccc(-c3cscn3)cc2)cc1N(C(=O)C1CCC(C(F)(F)F)CC1)C1CCOCC1. The van der Waals surface area contributed by atoms with Crippen molar-refractivity contribution in [3.05, 3.63) is 46.1 Å². The number of carbonyl (C=O) groups excluding carboxylic acids is 1. The van der Waals surface area contributed by atoms with E-state index in [0.717, 1.165) is 28.2 Å². The third-order valence-corrected chi connectivity index (χ3v) is 9.14. The van der Waals surface area contributed by atoms with Crippen molar-refractivity contribution >= 4 is 40.2 Å². The maximum absolute atomic E-state index is 13.9. The quantitative estimate of drug-likeness (QED) is 0.345. The average Bonchev–Trinajstić information content (AvgIpc) is 3.60. The number of halogens is 3. The second-order valence-corrected chi connectivity index (χ2v) is 11.5. The van der Waals surface area contributed by atoms with Crippen LogP contribution in [0.2, 0.25) is 0 Å². The smallest absolute Gasteiger partial charge is 0.391 e. The van der Waals surface area contributed by atoms with E-state index < -0.39 is 24.0 Å². The molecule has 2 aromatic heterocycles. The lowest BCUT2D eigenvalue weighted by Crippen LogP contribution is -2.47. The average molecular weight is 565 g/mol. The zero-order valence-corrected chi connectivity index (χ0v) is 22.1. The first kappa shape index (κ1) is 26.8. The van der Waals surface area contributed by atoms with Crippen molar-refractivity contribution in [1.29, 1.82) is 0 Å². The fourth-order valence-corrected chi connectivity index (χ4v) is 6.87. The molecule has 1 saturated carbocycles. The Bertz CT molecular complexity index is 1260. The summed E-state index contributed by atoms with van der Waals surface area (Å²) in [4.78, 5) is 32.8. The first-order valence-electron chi connectivity index (χ1n) is 12.6. The molecule has 0 radical (unpaired) electrons. The van der Waals surface area contributed by atoms with Crippen molar-refractivity contribution in [2.24, 2.45) is 11.8 Å². The summed E-state index contributed by atoms with van der Waals surface area (Å²) in [5, 5.41) is 12.0. The Morgan fingerprint density at radius 3 is 2.24 bits per heavy atom. The summed E-state index contributed by atoms with van der Waals surface area (Å²) < 4.78 is 45.1. The highest BCUT2D eigenvalue weighted by atomic mass is 32.1. The third-order valence-electron chi connectivity index (χ3n) is 7.40. The van der Waals surface area contributed by atoms with Gasteiger partial charge in [-0.05, 0) is 50.2 Å². The number of aromatic carboxylic acids is 1. The highest BCUT2D eigenvalue weighted by molar-refractivity contribution is 7.18. The van der Waals surface area contributed by atoms with Gasteiger partial charge in [-0.15, -0.1) is 22.7 Å². The van der Waals surface area contributed by atoms with Gasteiger partial charge in [-0.3, -0.25) is 4.79 Å². The summed E-state index contributed by atoms with van der Waals surface area (Å²) in [7, 11) is 0. The molecule has 1 N–H and O–H groups in total. The van der Waals surface area contributed by atoms with Gasteiger partial charge in [0.2, 0.25) is 5.91 Å². The number of alkyl halides is 3. The van der Waals surface area contributed by atoms with E-state index in [4.69, 9.17) is 4.74 Å². The van der Waals surface area contributed by atoms with Crippen molar-refractivity contribution in [2.75, 3.05) is 18.1 Å². The molecule has 0 bridgehead atoms. The van der Waals surface area contributed by atoms with Crippen molar-refractivity contribution in [2.45, 2.75) is 50.7 Å². The number of nitrogens with zero attached hydrogens (tertiary/aromatic N) is 2. The van der Waals surface area contributed by atoms with E-state index in [1.54, 1.807) is 16.5 Å². The van der Waals surface area contributed by atoms with Gasteiger partial charge < -0.3 is 14.7 Å². The van der Waals surface area contributed by atoms with Crippen molar-refractivity contribution in [3.8, 4) is 21.7 Å². The molecule has 6 nitrogen and oxygen atoms in total. The molecular formula is C27H27F3N2O4S2. The van der Waals surface area contributed by atoms with Gasteiger partial charge in [0.1, 0.15) is 4.88 Å². The zero-order valence-electron chi connectivity index (χ0n) is 20.4. The van der Waals surface area contributed by atoms with Crippen LogP contribution in [0.4, 0.5) is 18.9 Å². The molecule has 0 atom stereocenters. The molecule has 0 spiro atoms. The molecule has 1 saturated heterocycles. The molecule has 2 aliphatic rings. The number of carboxylic acids is 1. The number of thiazole rings is 1. The Hall–Kier alpha value is -2.76. The van der Waals surface area contributed by atoms with Gasteiger partial charge in [-0.2, -0.15) is 13.2 Å². The molecule has 1 amide bonds. The molecule has 3 aromatic rings. The molecule has 1 aliphatic carbocycles. The van der Waals surface area contributed by atoms with Crippen LogP contribution in [0.15, 0.2) is 41.2 Å². The number of aromatic nitrogens is 1. The Balaban J connectivity index is 1.46. The number of carboxylic acid groups (broad SMARTS) is 1. The highest BCUT2D eigenvalue weighted by Crippen LogP contribution is 2.43. The number of hydrogen-bond acceptors (Lipinski definition) is 6. The Morgan fingerprint density at radius 2 is 1.66 bits per heavy atom. The van der Waals surface area contributed by atoms with Gasteiger partial charge in [0.05, 0.1) is 22.8 Å². The van der Waals surface area contributed by atoms with E-state index in [-0.39, 0.29) is 42.5 Å². The maximum atomic E-state index is 13.9. The fraction of sp³-hybridized carbons (Fsp3) is 0.444. The van der Waals surface area contributed by atoms with E-state index in [1.165, 1.54) is 11.3 Å². The summed E-state index contributed by atoms with van der Waals surface area (Å²) in [6, 6.07) is 9.10. The Labute approximate surface area is 226 Å². The maximum Gasteiger partial charge on any atom is 0.391 e. The number of benzene rings is 1. The number of ether oxygens (including phenoxy) is 1. The summed E-state index contributed by atoms with van der Waals surface area (Å²) in [6.07, 6.45) is -3.09. The van der Waals surface area contributed by atoms with Gasteiger partial charge in [-0.25, -0.2) is 9.78 Å². The standard InChI is InChI=1S/C27H27F3N2O4S2/c28-27(29,30)19-7-5-18(6-8-19)25(33)32(20-9-11-36-12-10-20)22-13-23(38-24(22)26(34)35)17-3-1-16(2-4-17)21-14-37-15-31-21/h1-4,13-15,18-20H,5-12H2,(H,34,35). The van der Waals surface area contributed by atoms with E-state index in [0.29, 0.717) is 36.6 Å². The van der Waals surface area contributed by atoms with Gasteiger partial charge in [0, 0.05) is 41.0 Å². The molecular weight excluding hydrogens is 537 g/mol. The van der Waals surface area contributed by atoms with E-state index in [9.17, 15) is 27.9 Å². The molecule has 38 heavy (non-hydrogen) atoms. The van der Waals surface area contributed by atoms with Crippen LogP contribution in [-0.4, -0.2) is 47.4 Å². The molecule has 5 rings (SSSR count). The topological polar surface area (TPSA) is 79.7 Å². The van der Waals surface area contributed by atoms with Crippen LogP contribution in [0, 0.1) is 11.8 Å². The van der Waals surface area contributed by atoms with E-state index >= 15 is 0 Å². The minimum atomic E-state index is -4.26. The van der Waals surface area contributed by atoms with Gasteiger partial charge >= 0.3 is 12.1 Å². The summed E-state index contributed by atoms with van der Waals surface area (Å²) in [6.45, 7) is 0.874.